The number of aromatic nitrogens is 1. The van der Waals surface area contributed by atoms with Gasteiger partial charge in [0.1, 0.15) is 5.75 Å². The van der Waals surface area contributed by atoms with Gasteiger partial charge < -0.3 is 4.74 Å². The van der Waals surface area contributed by atoms with Crippen LogP contribution in [0.4, 0.5) is 0 Å². The van der Waals surface area contributed by atoms with Crippen molar-refractivity contribution in [1.82, 2.24) is 10.4 Å². The smallest absolute Gasteiger partial charge is 0.138 e. The third-order valence-electron chi connectivity index (χ3n) is 2.99. The molecule has 0 spiro atoms. The maximum atomic E-state index is 5.69. The minimum atomic E-state index is 0.0145. The van der Waals surface area contributed by atoms with Crippen molar-refractivity contribution in [3.63, 3.8) is 0 Å². The van der Waals surface area contributed by atoms with Gasteiger partial charge in [-0.15, -0.1) is 0 Å². The summed E-state index contributed by atoms with van der Waals surface area (Å²) in [6.07, 6.45) is 4.48. The second-order valence-corrected chi connectivity index (χ2v) is 5.03. The third-order valence-corrected chi connectivity index (χ3v) is 2.99. The van der Waals surface area contributed by atoms with E-state index >= 15 is 0 Å². The zero-order valence-corrected chi connectivity index (χ0v) is 11.9. The van der Waals surface area contributed by atoms with Crippen LogP contribution >= 0.6 is 0 Å². The first kappa shape index (κ1) is 14.5. The summed E-state index contributed by atoms with van der Waals surface area (Å²) in [4.78, 5) is 4.23. The fourth-order valence-corrected chi connectivity index (χ4v) is 2.09. The minimum Gasteiger partial charge on any atom is -0.489 e. The first-order valence-corrected chi connectivity index (χ1v) is 6.80. The van der Waals surface area contributed by atoms with Gasteiger partial charge in [-0.25, -0.2) is 0 Å². The molecule has 1 aromatic heterocycles. The summed E-state index contributed by atoms with van der Waals surface area (Å²) in [6.45, 7) is 3.99. The van der Waals surface area contributed by atoms with E-state index in [2.05, 4.69) is 22.5 Å². The summed E-state index contributed by atoms with van der Waals surface area (Å²) in [7, 11) is 0. The summed E-state index contributed by atoms with van der Waals surface area (Å²) >= 11 is 0. The normalized spacial score (nSPS) is 12.4. The molecule has 0 bridgehead atoms. The van der Waals surface area contributed by atoms with E-state index in [9.17, 15) is 0 Å². The monoisotopic (exact) mass is 271 g/mol. The van der Waals surface area contributed by atoms with E-state index in [1.807, 2.05) is 44.3 Å². The number of nitrogens with one attached hydrogen (secondary N) is 1. The Bertz CT molecular complexity index is 528. The van der Waals surface area contributed by atoms with Crippen molar-refractivity contribution in [2.24, 2.45) is 5.84 Å². The van der Waals surface area contributed by atoms with Crippen LogP contribution in [0.1, 0.15) is 31.0 Å². The highest BCUT2D eigenvalue weighted by Crippen LogP contribution is 2.21. The molecule has 2 aromatic rings. The number of rotatable bonds is 6. The van der Waals surface area contributed by atoms with E-state index in [-0.39, 0.29) is 12.1 Å². The molecule has 1 heterocycles. The van der Waals surface area contributed by atoms with Crippen molar-refractivity contribution in [1.29, 1.82) is 0 Å². The van der Waals surface area contributed by atoms with E-state index in [1.54, 1.807) is 6.20 Å². The number of nitrogens with two attached hydrogens (primary N) is 1. The molecule has 4 nitrogen and oxygen atoms in total. The van der Waals surface area contributed by atoms with Crippen LogP contribution in [0.5, 0.6) is 5.75 Å². The van der Waals surface area contributed by atoms with Crippen LogP contribution in [0.15, 0.2) is 48.8 Å². The van der Waals surface area contributed by atoms with Gasteiger partial charge in [0.15, 0.2) is 0 Å². The zero-order chi connectivity index (χ0) is 14.4. The highest BCUT2D eigenvalue weighted by molar-refractivity contribution is 5.28. The molecule has 0 aliphatic heterocycles. The number of benzene rings is 1. The van der Waals surface area contributed by atoms with Gasteiger partial charge in [-0.05, 0) is 37.5 Å². The van der Waals surface area contributed by atoms with Gasteiger partial charge in [0.25, 0.3) is 0 Å². The van der Waals surface area contributed by atoms with E-state index in [1.165, 1.54) is 5.56 Å². The zero-order valence-electron chi connectivity index (χ0n) is 11.9. The Morgan fingerprint density at radius 1 is 1.20 bits per heavy atom. The number of hydrazine groups is 1. The van der Waals surface area contributed by atoms with Crippen LogP contribution in [0.2, 0.25) is 0 Å². The molecule has 1 aromatic carbocycles. The maximum Gasteiger partial charge on any atom is 0.138 e. The van der Waals surface area contributed by atoms with E-state index in [4.69, 9.17) is 10.6 Å². The topological polar surface area (TPSA) is 60.2 Å². The lowest BCUT2D eigenvalue weighted by atomic mass is 10.0. The summed E-state index contributed by atoms with van der Waals surface area (Å²) in [6, 6.07) is 12.2. The molecule has 0 aliphatic carbocycles. The molecule has 106 valence electrons. The molecule has 0 radical (unpaired) electrons. The van der Waals surface area contributed by atoms with Gasteiger partial charge in [-0.2, -0.15) is 0 Å². The molecular weight excluding hydrogens is 250 g/mol. The van der Waals surface area contributed by atoms with Crippen LogP contribution in [0.3, 0.4) is 0 Å². The quantitative estimate of drug-likeness (QED) is 0.626. The standard InChI is InChI=1S/C16H21N3O/c1-12(2)20-15-9-14(10-18-11-15)16(19-17)8-13-6-4-3-5-7-13/h3-7,9-12,16,19H,8,17H2,1-2H3. The van der Waals surface area contributed by atoms with Crippen molar-refractivity contribution in [2.75, 3.05) is 0 Å². The van der Waals surface area contributed by atoms with Crippen molar-refractivity contribution in [3.8, 4) is 5.75 Å². The summed E-state index contributed by atoms with van der Waals surface area (Å²) < 4.78 is 5.67. The second kappa shape index (κ2) is 7.03. The molecule has 2 rings (SSSR count). The van der Waals surface area contributed by atoms with Crippen molar-refractivity contribution >= 4 is 0 Å². The van der Waals surface area contributed by atoms with Crippen LogP contribution in [0, 0.1) is 0 Å². The Balaban J connectivity index is 2.15. The molecule has 0 saturated carbocycles. The molecular formula is C16H21N3O. The number of ether oxygens (including phenoxy) is 1. The van der Waals surface area contributed by atoms with E-state index in [0.29, 0.717) is 0 Å². The molecule has 3 N–H and O–H groups in total. The SMILES string of the molecule is CC(C)Oc1cncc(C(Cc2ccccc2)NN)c1. The lowest BCUT2D eigenvalue weighted by molar-refractivity contribution is 0.241. The Kier molecular flexibility index (Phi) is 5.09. The highest BCUT2D eigenvalue weighted by atomic mass is 16.5. The molecule has 20 heavy (non-hydrogen) atoms. The summed E-state index contributed by atoms with van der Waals surface area (Å²) in [5, 5.41) is 0. The van der Waals surface area contributed by atoms with Crippen LogP contribution in [0.25, 0.3) is 0 Å². The molecule has 0 amide bonds. The molecule has 0 aliphatic rings. The van der Waals surface area contributed by atoms with Crippen LogP contribution < -0.4 is 16.0 Å². The fraction of sp³-hybridized carbons (Fsp3) is 0.312. The van der Waals surface area contributed by atoms with Gasteiger partial charge in [-0.3, -0.25) is 16.3 Å². The predicted octanol–water partition coefficient (Wildman–Crippen LogP) is 2.62. The number of pyridine rings is 1. The van der Waals surface area contributed by atoms with Gasteiger partial charge in [0, 0.05) is 6.20 Å². The second-order valence-electron chi connectivity index (χ2n) is 5.03. The Morgan fingerprint density at radius 3 is 2.60 bits per heavy atom. The van der Waals surface area contributed by atoms with Crippen LogP contribution in [-0.4, -0.2) is 11.1 Å². The largest absolute Gasteiger partial charge is 0.489 e. The predicted molar refractivity (Wildman–Crippen MR) is 80.2 cm³/mol. The molecule has 1 unspecified atom stereocenters. The third kappa shape index (κ3) is 4.05. The van der Waals surface area contributed by atoms with Crippen molar-refractivity contribution in [3.05, 3.63) is 59.9 Å². The van der Waals surface area contributed by atoms with Gasteiger partial charge in [-0.1, -0.05) is 30.3 Å². The van der Waals surface area contributed by atoms with Crippen molar-refractivity contribution in [2.45, 2.75) is 32.4 Å². The molecule has 1 atom stereocenters. The number of hydrogen-bond acceptors (Lipinski definition) is 4. The Morgan fingerprint density at radius 2 is 1.95 bits per heavy atom. The maximum absolute atomic E-state index is 5.69. The lowest BCUT2D eigenvalue weighted by Gasteiger charge is -2.17. The van der Waals surface area contributed by atoms with E-state index < -0.39 is 0 Å². The number of nitrogens with zero attached hydrogens (tertiary/aromatic N) is 1. The average molecular weight is 271 g/mol. The average Bonchev–Trinajstić information content (AvgIpc) is 2.45. The molecule has 0 saturated heterocycles. The first-order chi connectivity index (χ1) is 9.69. The molecule has 4 heteroatoms. The van der Waals surface area contributed by atoms with Gasteiger partial charge in [0.2, 0.25) is 0 Å². The first-order valence-electron chi connectivity index (χ1n) is 6.80. The van der Waals surface area contributed by atoms with Gasteiger partial charge in [0.05, 0.1) is 18.3 Å². The fourth-order valence-electron chi connectivity index (χ4n) is 2.09. The minimum absolute atomic E-state index is 0.0145. The van der Waals surface area contributed by atoms with Crippen LogP contribution in [-0.2, 0) is 6.42 Å². The van der Waals surface area contributed by atoms with Crippen molar-refractivity contribution < 1.29 is 4.74 Å². The Hall–Kier alpha value is -1.91. The lowest BCUT2D eigenvalue weighted by Crippen LogP contribution is -2.29. The highest BCUT2D eigenvalue weighted by Gasteiger charge is 2.12. The Labute approximate surface area is 120 Å². The number of hydrogen-bond donors (Lipinski definition) is 2. The molecule has 0 fully saturated rings. The van der Waals surface area contributed by atoms with E-state index in [0.717, 1.165) is 17.7 Å². The van der Waals surface area contributed by atoms with Gasteiger partial charge >= 0.3 is 0 Å². The summed E-state index contributed by atoms with van der Waals surface area (Å²) in [5.74, 6) is 6.45. The summed E-state index contributed by atoms with van der Waals surface area (Å²) in [5.41, 5.74) is 5.10.